The summed E-state index contributed by atoms with van der Waals surface area (Å²) in [6.07, 6.45) is 5.15. The van der Waals surface area contributed by atoms with E-state index in [1.165, 1.54) is 11.1 Å². The topological polar surface area (TPSA) is 49.7 Å². The summed E-state index contributed by atoms with van der Waals surface area (Å²) >= 11 is 0. The highest BCUT2D eigenvalue weighted by Gasteiger charge is 2.23. The van der Waals surface area contributed by atoms with E-state index in [1.807, 2.05) is 41.5 Å². The van der Waals surface area contributed by atoms with Gasteiger partial charge in [-0.1, -0.05) is 13.8 Å². The van der Waals surface area contributed by atoms with Crippen molar-refractivity contribution >= 4 is 0 Å². The van der Waals surface area contributed by atoms with Crippen LogP contribution in [0.1, 0.15) is 54.4 Å². The predicted octanol–water partition coefficient (Wildman–Crippen LogP) is 3.63. The van der Waals surface area contributed by atoms with Gasteiger partial charge in [0.1, 0.15) is 0 Å². The minimum atomic E-state index is -0.222. The first kappa shape index (κ1) is 19.5. The fourth-order valence-electron chi connectivity index (χ4n) is 1.05. The fourth-order valence-corrected chi connectivity index (χ4v) is 1.05. The van der Waals surface area contributed by atoms with Gasteiger partial charge in [0.2, 0.25) is 0 Å². The van der Waals surface area contributed by atoms with Crippen molar-refractivity contribution in [3.05, 3.63) is 23.7 Å². The van der Waals surface area contributed by atoms with Crippen molar-refractivity contribution in [1.29, 1.82) is 0 Å². The number of ether oxygens (including phenoxy) is 1. The summed E-state index contributed by atoms with van der Waals surface area (Å²) in [6, 6.07) is 0. The molecule has 0 fully saturated rings. The number of aliphatic hydroxyl groups is 2. The Labute approximate surface area is 112 Å². The number of aliphatic hydroxyl groups excluding tert-OH is 2. The molecule has 0 aromatic rings. The van der Waals surface area contributed by atoms with Crippen LogP contribution < -0.4 is 0 Å². The van der Waals surface area contributed by atoms with Crippen molar-refractivity contribution in [3.63, 3.8) is 0 Å². The molecule has 0 atom stereocenters. The van der Waals surface area contributed by atoms with E-state index in [0.717, 1.165) is 12.8 Å². The molecule has 0 saturated heterocycles. The van der Waals surface area contributed by atoms with E-state index in [2.05, 4.69) is 0 Å². The average Bonchev–Trinajstić information content (AvgIpc) is 2.32. The summed E-state index contributed by atoms with van der Waals surface area (Å²) in [5.74, 6) is 0. The van der Waals surface area contributed by atoms with Crippen molar-refractivity contribution < 1.29 is 14.9 Å². The molecule has 0 amide bonds. The molecule has 0 bridgehead atoms. The molecule has 0 radical (unpaired) electrons. The minimum absolute atomic E-state index is 0.0938. The maximum atomic E-state index is 8.82. The largest absolute Gasteiger partial charge is 0.473 e. The Bertz CT molecular complexity index is 209. The maximum absolute atomic E-state index is 8.82. The van der Waals surface area contributed by atoms with Crippen molar-refractivity contribution in [2.75, 3.05) is 13.2 Å². The monoisotopic (exact) mass is 258 g/mol. The van der Waals surface area contributed by atoms with Crippen LogP contribution in [0.5, 0.6) is 0 Å². The molecule has 0 aliphatic heterocycles. The van der Waals surface area contributed by atoms with Crippen LogP contribution >= 0.6 is 0 Å². The first-order chi connectivity index (χ1) is 8.37. The molecule has 3 heteroatoms. The Morgan fingerprint density at radius 2 is 1.22 bits per heavy atom. The maximum Gasteiger partial charge on any atom is 0.0887 e. The van der Waals surface area contributed by atoms with Crippen LogP contribution in [0.25, 0.3) is 0 Å². The van der Waals surface area contributed by atoms with Crippen LogP contribution in [0, 0.1) is 5.41 Å². The smallest absolute Gasteiger partial charge is 0.0887 e. The molecule has 0 aliphatic rings. The Kier molecular flexibility index (Phi) is 12.3. The van der Waals surface area contributed by atoms with Crippen molar-refractivity contribution in [1.82, 2.24) is 0 Å². The van der Waals surface area contributed by atoms with Crippen LogP contribution in [0.15, 0.2) is 23.7 Å². The SMILES string of the molecule is CC(C)=COC=C(C)C.CCC(CC)(CO)CO. The average molecular weight is 258 g/mol. The van der Waals surface area contributed by atoms with Crippen molar-refractivity contribution in [2.45, 2.75) is 54.4 Å². The Morgan fingerprint density at radius 1 is 0.889 bits per heavy atom. The van der Waals surface area contributed by atoms with E-state index in [9.17, 15) is 0 Å². The molecule has 0 aromatic carbocycles. The zero-order valence-electron chi connectivity index (χ0n) is 12.8. The first-order valence-corrected chi connectivity index (χ1v) is 6.51. The second-order valence-electron chi connectivity index (χ2n) is 5.05. The van der Waals surface area contributed by atoms with E-state index in [-0.39, 0.29) is 18.6 Å². The number of allylic oxidation sites excluding steroid dienone is 2. The van der Waals surface area contributed by atoms with Gasteiger partial charge >= 0.3 is 0 Å². The molecule has 2 N–H and O–H groups in total. The third-order valence-corrected chi connectivity index (χ3v) is 2.78. The number of hydrogen-bond donors (Lipinski definition) is 2. The first-order valence-electron chi connectivity index (χ1n) is 6.51. The molecule has 18 heavy (non-hydrogen) atoms. The summed E-state index contributed by atoms with van der Waals surface area (Å²) in [5, 5.41) is 17.6. The molecule has 0 aromatic heterocycles. The molecule has 0 saturated carbocycles. The fraction of sp³-hybridized carbons (Fsp3) is 0.733. The van der Waals surface area contributed by atoms with Crippen molar-refractivity contribution in [2.24, 2.45) is 5.41 Å². The van der Waals surface area contributed by atoms with Gasteiger partial charge in [-0.05, 0) is 51.7 Å². The molecule has 3 nitrogen and oxygen atoms in total. The Hall–Kier alpha value is -0.800. The van der Waals surface area contributed by atoms with Crippen molar-refractivity contribution in [3.8, 4) is 0 Å². The number of rotatable bonds is 6. The summed E-state index contributed by atoms with van der Waals surface area (Å²) in [7, 11) is 0. The standard InChI is InChI=1S/C8H14O.C7H16O2/c1-7(2)5-9-6-8(3)4;1-3-7(4-2,5-8)6-9/h5-6H,1-4H3;8-9H,3-6H2,1-2H3. The lowest BCUT2D eigenvalue weighted by Gasteiger charge is -2.25. The highest BCUT2D eigenvalue weighted by Crippen LogP contribution is 2.23. The van der Waals surface area contributed by atoms with Crippen LogP contribution in [0.4, 0.5) is 0 Å². The Morgan fingerprint density at radius 3 is 1.33 bits per heavy atom. The van der Waals surface area contributed by atoms with Gasteiger partial charge in [0, 0.05) is 5.41 Å². The van der Waals surface area contributed by atoms with Gasteiger partial charge in [-0.3, -0.25) is 0 Å². The number of hydrogen-bond acceptors (Lipinski definition) is 3. The Balaban J connectivity index is 0. The minimum Gasteiger partial charge on any atom is -0.473 e. The van der Waals surface area contributed by atoms with Gasteiger partial charge in [-0.15, -0.1) is 0 Å². The molecule has 0 unspecified atom stereocenters. The molecule has 0 spiro atoms. The quantitative estimate of drug-likeness (QED) is 0.715. The molecule has 0 aliphatic carbocycles. The third-order valence-electron chi connectivity index (χ3n) is 2.78. The van der Waals surface area contributed by atoms with Gasteiger partial charge in [-0.25, -0.2) is 0 Å². The highest BCUT2D eigenvalue weighted by atomic mass is 16.5. The van der Waals surface area contributed by atoms with Gasteiger partial charge in [0.25, 0.3) is 0 Å². The van der Waals surface area contributed by atoms with E-state index in [1.54, 1.807) is 12.5 Å². The predicted molar refractivity (Wildman–Crippen MR) is 77.1 cm³/mol. The molecular formula is C15H30O3. The second kappa shape index (κ2) is 11.3. The van der Waals surface area contributed by atoms with Crippen LogP contribution in [-0.2, 0) is 4.74 Å². The lowest BCUT2D eigenvalue weighted by atomic mass is 9.84. The van der Waals surface area contributed by atoms with E-state index >= 15 is 0 Å². The summed E-state index contributed by atoms with van der Waals surface area (Å²) in [5.41, 5.74) is 2.12. The molecule has 108 valence electrons. The lowest BCUT2D eigenvalue weighted by Crippen LogP contribution is -2.27. The zero-order valence-corrected chi connectivity index (χ0v) is 12.8. The van der Waals surface area contributed by atoms with E-state index in [0.29, 0.717) is 0 Å². The van der Waals surface area contributed by atoms with E-state index < -0.39 is 0 Å². The second-order valence-corrected chi connectivity index (χ2v) is 5.05. The summed E-state index contributed by atoms with van der Waals surface area (Å²) in [6.45, 7) is 12.1. The normalized spacial score (nSPS) is 10.0. The van der Waals surface area contributed by atoms with Crippen LogP contribution in [0.2, 0.25) is 0 Å². The van der Waals surface area contributed by atoms with Gasteiger partial charge in [0.15, 0.2) is 0 Å². The van der Waals surface area contributed by atoms with Crippen LogP contribution in [-0.4, -0.2) is 23.4 Å². The molecule has 0 heterocycles. The van der Waals surface area contributed by atoms with E-state index in [4.69, 9.17) is 14.9 Å². The van der Waals surface area contributed by atoms with Gasteiger partial charge < -0.3 is 14.9 Å². The van der Waals surface area contributed by atoms with Gasteiger partial charge in [0.05, 0.1) is 25.7 Å². The van der Waals surface area contributed by atoms with Gasteiger partial charge in [-0.2, -0.15) is 0 Å². The third kappa shape index (κ3) is 10.4. The lowest BCUT2D eigenvalue weighted by molar-refractivity contribution is 0.0480. The zero-order chi connectivity index (χ0) is 14.6. The van der Waals surface area contributed by atoms with Crippen LogP contribution in [0.3, 0.4) is 0 Å². The summed E-state index contributed by atoms with van der Waals surface area (Å²) < 4.78 is 5.03. The highest BCUT2D eigenvalue weighted by molar-refractivity contribution is 4.92. The summed E-state index contributed by atoms with van der Waals surface area (Å²) in [4.78, 5) is 0. The molecular weight excluding hydrogens is 228 g/mol. The molecule has 0 rings (SSSR count).